The summed E-state index contributed by atoms with van der Waals surface area (Å²) in [5.74, 6) is -1.71. The molecule has 1 aliphatic carbocycles. The monoisotopic (exact) mass is 456 g/mol. The van der Waals surface area contributed by atoms with E-state index in [-0.39, 0.29) is 4.90 Å². The maximum absolute atomic E-state index is 12.8. The van der Waals surface area contributed by atoms with Crippen molar-refractivity contribution in [2.24, 2.45) is 0 Å². The fourth-order valence-electron chi connectivity index (χ4n) is 3.77. The molecule has 1 atom stereocenters. The van der Waals surface area contributed by atoms with E-state index in [4.69, 9.17) is 0 Å². The largest absolute Gasteiger partial charge is 0.501 e. The number of aromatic amines is 2. The Morgan fingerprint density at radius 2 is 1.78 bits per heavy atom. The first-order chi connectivity index (χ1) is 15.3. The number of anilines is 1. The minimum Gasteiger partial charge on any atom is -0.501 e. The quantitative estimate of drug-likeness (QED) is 0.390. The highest BCUT2D eigenvalue weighted by atomic mass is 32.2. The van der Waals surface area contributed by atoms with Crippen LogP contribution in [-0.2, 0) is 16.4 Å². The Bertz CT molecular complexity index is 1400. The van der Waals surface area contributed by atoms with Gasteiger partial charge in [0.05, 0.1) is 16.6 Å². The van der Waals surface area contributed by atoms with Gasteiger partial charge in [0.2, 0.25) is 5.75 Å². The van der Waals surface area contributed by atoms with Gasteiger partial charge >= 0.3 is 5.69 Å². The fraction of sp³-hybridized carbons (Fsp3) is 0.190. The van der Waals surface area contributed by atoms with E-state index in [0.717, 1.165) is 5.56 Å². The van der Waals surface area contributed by atoms with Gasteiger partial charge in [0.25, 0.3) is 21.5 Å². The summed E-state index contributed by atoms with van der Waals surface area (Å²) in [6, 6.07) is 12.6. The average molecular weight is 456 g/mol. The minimum atomic E-state index is -3.79. The minimum absolute atomic E-state index is 0.131. The zero-order valence-electron chi connectivity index (χ0n) is 16.7. The summed E-state index contributed by atoms with van der Waals surface area (Å²) in [6.07, 6.45) is 1.82. The van der Waals surface area contributed by atoms with Gasteiger partial charge in [0, 0.05) is 0 Å². The van der Waals surface area contributed by atoms with Gasteiger partial charge in [-0.25, -0.2) is 13.2 Å². The number of rotatable bonds is 5. The molecule has 11 heteroatoms. The Morgan fingerprint density at radius 3 is 2.53 bits per heavy atom. The molecule has 1 aliphatic rings. The molecule has 1 amide bonds. The van der Waals surface area contributed by atoms with Crippen molar-refractivity contribution in [3.05, 3.63) is 86.2 Å². The van der Waals surface area contributed by atoms with Crippen LogP contribution in [0.15, 0.2) is 63.0 Å². The summed E-state index contributed by atoms with van der Waals surface area (Å²) in [6.45, 7) is 0. The van der Waals surface area contributed by atoms with E-state index in [0.29, 0.717) is 30.5 Å². The van der Waals surface area contributed by atoms with E-state index in [9.17, 15) is 27.9 Å². The Morgan fingerprint density at radius 1 is 1.03 bits per heavy atom. The second-order valence-corrected chi connectivity index (χ2v) is 9.02. The first-order valence-corrected chi connectivity index (χ1v) is 11.3. The molecule has 1 aromatic heterocycles. The predicted molar refractivity (Wildman–Crippen MR) is 116 cm³/mol. The summed E-state index contributed by atoms with van der Waals surface area (Å²) < 4.78 is 28.1. The van der Waals surface area contributed by atoms with Gasteiger partial charge in [-0.1, -0.05) is 30.3 Å². The summed E-state index contributed by atoms with van der Waals surface area (Å²) in [5, 5.41) is 12.6. The molecule has 1 heterocycles. The van der Waals surface area contributed by atoms with Crippen molar-refractivity contribution in [1.82, 2.24) is 15.3 Å². The third kappa shape index (κ3) is 4.14. The lowest BCUT2D eigenvalue weighted by Gasteiger charge is -2.28. The zero-order chi connectivity index (χ0) is 22.9. The van der Waals surface area contributed by atoms with Gasteiger partial charge in [-0.2, -0.15) is 0 Å². The normalized spacial score (nSPS) is 15.6. The number of amides is 1. The van der Waals surface area contributed by atoms with Crippen molar-refractivity contribution >= 4 is 21.6 Å². The van der Waals surface area contributed by atoms with Crippen LogP contribution in [0.1, 0.15) is 40.5 Å². The number of carbonyl (C=O) groups excluding carboxylic acids is 1. The van der Waals surface area contributed by atoms with Crippen LogP contribution in [0.3, 0.4) is 0 Å². The van der Waals surface area contributed by atoms with Crippen LogP contribution in [0.5, 0.6) is 5.75 Å². The van der Waals surface area contributed by atoms with Crippen molar-refractivity contribution < 1.29 is 18.3 Å². The second kappa shape index (κ2) is 8.35. The number of sulfonamides is 1. The number of carbonyl (C=O) groups is 1. The van der Waals surface area contributed by atoms with E-state index >= 15 is 0 Å². The molecule has 0 saturated heterocycles. The van der Waals surface area contributed by atoms with Crippen LogP contribution < -0.4 is 21.3 Å². The molecule has 0 saturated carbocycles. The maximum Gasteiger partial charge on any atom is 0.326 e. The van der Waals surface area contributed by atoms with Crippen LogP contribution in [-0.4, -0.2) is 29.4 Å². The van der Waals surface area contributed by atoms with Gasteiger partial charge in [-0.3, -0.25) is 24.3 Å². The summed E-state index contributed by atoms with van der Waals surface area (Å²) >= 11 is 0. The molecule has 32 heavy (non-hydrogen) atoms. The third-order valence-corrected chi connectivity index (χ3v) is 6.64. The predicted octanol–water partition coefficient (Wildman–Crippen LogP) is 1.38. The fourth-order valence-corrected chi connectivity index (χ4v) is 4.89. The number of fused-ring (bicyclic) bond motifs is 1. The first-order valence-electron chi connectivity index (χ1n) is 9.82. The molecule has 0 aliphatic heterocycles. The smallest absolute Gasteiger partial charge is 0.326 e. The van der Waals surface area contributed by atoms with Crippen LogP contribution in [0, 0.1) is 0 Å². The summed E-state index contributed by atoms with van der Waals surface area (Å²) in [4.78, 5) is 39.8. The number of hydrogen-bond donors (Lipinski definition) is 5. The molecule has 0 radical (unpaired) electrons. The molecular formula is C21H20N4O6S. The number of nitrogens with one attached hydrogen (secondary N) is 4. The van der Waals surface area contributed by atoms with Gasteiger partial charge in [-0.15, -0.1) is 0 Å². The van der Waals surface area contributed by atoms with Crippen LogP contribution >= 0.6 is 0 Å². The Kier molecular flexibility index (Phi) is 5.57. The second-order valence-electron chi connectivity index (χ2n) is 7.34. The van der Waals surface area contributed by atoms with Crippen LogP contribution in [0.4, 0.5) is 5.69 Å². The van der Waals surface area contributed by atoms with Crippen LogP contribution in [0.2, 0.25) is 0 Å². The van der Waals surface area contributed by atoms with Gasteiger partial charge in [0.15, 0.2) is 5.69 Å². The number of H-pyrrole nitrogens is 2. The van der Waals surface area contributed by atoms with E-state index in [1.165, 1.54) is 12.1 Å². The highest BCUT2D eigenvalue weighted by molar-refractivity contribution is 7.92. The molecule has 0 bridgehead atoms. The Balaban J connectivity index is 1.64. The van der Waals surface area contributed by atoms with Gasteiger partial charge < -0.3 is 10.4 Å². The number of aromatic hydroxyl groups is 1. The topological polar surface area (TPSA) is 161 Å². The molecule has 1 unspecified atom stereocenters. The standard InChI is InChI=1S/C21H20N4O6S/c26-18-17(23-21(29)24-20(18)28)19(27)22-15-10-4-9-14-13(15)8-5-11-16(14)25-32(30,31)12-6-2-1-3-7-12/h1-3,5-8,11,15,25-26H,4,9-10H2,(H,22,27)(H2,23,24,28,29). The summed E-state index contributed by atoms with van der Waals surface area (Å²) in [7, 11) is -3.79. The molecular weight excluding hydrogens is 436 g/mol. The lowest BCUT2D eigenvalue weighted by atomic mass is 9.86. The highest BCUT2D eigenvalue weighted by Gasteiger charge is 2.27. The number of hydrogen-bond acceptors (Lipinski definition) is 6. The van der Waals surface area contributed by atoms with E-state index in [1.54, 1.807) is 36.4 Å². The third-order valence-electron chi connectivity index (χ3n) is 5.25. The molecule has 0 spiro atoms. The van der Waals surface area contributed by atoms with E-state index < -0.39 is 44.7 Å². The number of benzene rings is 2. The molecule has 0 fully saturated rings. The first kappa shape index (κ1) is 21.4. The van der Waals surface area contributed by atoms with Crippen molar-refractivity contribution in [2.75, 3.05) is 4.72 Å². The molecule has 4 rings (SSSR count). The van der Waals surface area contributed by atoms with Gasteiger partial charge in [0.1, 0.15) is 0 Å². The molecule has 3 aromatic rings. The van der Waals surface area contributed by atoms with E-state index in [2.05, 4.69) is 15.0 Å². The molecule has 166 valence electrons. The summed E-state index contributed by atoms with van der Waals surface area (Å²) in [5.41, 5.74) is -0.651. The molecule has 5 N–H and O–H groups in total. The Hall–Kier alpha value is -3.86. The lowest BCUT2D eigenvalue weighted by Crippen LogP contribution is -2.35. The Labute approximate surface area is 182 Å². The zero-order valence-corrected chi connectivity index (χ0v) is 17.5. The number of aromatic nitrogens is 2. The van der Waals surface area contributed by atoms with Gasteiger partial charge in [-0.05, 0) is 48.6 Å². The van der Waals surface area contributed by atoms with Crippen molar-refractivity contribution in [3.63, 3.8) is 0 Å². The SMILES string of the molecule is O=C(NC1CCCc2c(NS(=O)(=O)c3ccccc3)cccc21)c1[nH]c(=O)[nH]c(=O)c1O. The van der Waals surface area contributed by atoms with Crippen LogP contribution in [0.25, 0.3) is 0 Å². The average Bonchev–Trinajstić information content (AvgIpc) is 2.77. The molecule has 10 nitrogen and oxygen atoms in total. The van der Waals surface area contributed by atoms with Crippen molar-refractivity contribution in [1.29, 1.82) is 0 Å². The van der Waals surface area contributed by atoms with Crippen molar-refractivity contribution in [3.8, 4) is 5.75 Å². The maximum atomic E-state index is 12.8. The van der Waals surface area contributed by atoms with E-state index in [1.807, 2.05) is 4.98 Å². The lowest BCUT2D eigenvalue weighted by molar-refractivity contribution is 0.0923. The highest BCUT2D eigenvalue weighted by Crippen LogP contribution is 2.35. The molecule has 2 aromatic carbocycles. The van der Waals surface area contributed by atoms with Crippen molar-refractivity contribution in [2.45, 2.75) is 30.2 Å².